The van der Waals surface area contributed by atoms with Crippen molar-refractivity contribution >= 4 is 11.3 Å². The Labute approximate surface area is 127 Å². The zero-order valence-electron chi connectivity index (χ0n) is 11.8. The van der Waals surface area contributed by atoms with E-state index in [4.69, 9.17) is 4.42 Å². The van der Waals surface area contributed by atoms with Gasteiger partial charge in [0, 0.05) is 5.56 Å². The lowest BCUT2D eigenvalue weighted by atomic mass is 10.0. The largest absolute Gasteiger partial charge is 0.422 e. The summed E-state index contributed by atoms with van der Waals surface area (Å²) in [4.78, 5) is 13.0. The molecule has 1 aromatic heterocycles. The van der Waals surface area contributed by atoms with Crippen LogP contribution in [0.4, 0.5) is 0 Å². The summed E-state index contributed by atoms with van der Waals surface area (Å²) in [6.07, 6.45) is 0. The number of thiophene rings is 1. The molecule has 0 saturated carbocycles. The molecule has 3 rings (SSSR count). The van der Waals surface area contributed by atoms with Crippen LogP contribution in [0.2, 0.25) is 0 Å². The Morgan fingerprint density at radius 3 is 2.71 bits per heavy atom. The molecular formula is C18H14O2S. The van der Waals surface area contributed by atoms with Gasteiger partial charge in [0.1, 0.15) is 11.3 Å². The molecular weight excluding hydrogens is 280 g/mol. The second kappa shape index (κ2) is 5.59. The van der Waals surface area contributed by atoms with E-state index in [1.165, 1.54) is 0 Å². The van der Waals surface area contributed by atoms with Gasteiger partial charge in [-0.25, -0.2) is 4.79 Å². The lowest BCUT2D eigenvalue weighted by Crippen LogP contribution is -1.96. The fraction of sp³-hybridized carbons (Fsp3) is 0.167. The second-order valence-electron chi connectivity index (χ2n) is 5.09. The van der Waals surface area contributed by atoms with Crippen molar-refractivity contribution in [1.29, 1.82) is 0 Å². The van der Waals surface area contributed by atoms with E-state index in [-0.39, 0.29) is 5.63 Å². The molecule has 0 amide bonds. The van der Waals surface area contributed by atoms with Gasteiger partial charge in [0.2, 0.25) is 0 Å². The smallest absolute Gasteiger partial charge is 0.352 e. The number of hydrogen-bond acceptors (Lipinski definition) is 3. The van der Waals surface area contributed by atoms with Gasteiger partial charge in [-0.1, -0.05) is 43.9 Å². The van der Waals surface area contributed by atoms with Crippen LogP contribution < -0.4 is 5.63 Å². The zero-order valence-corrected chi connectivity index (χ0v) is 12.7. The standard InChI is InChI=1S/C18H14O2S/c1-12(2)13-5-3-7-17-16(11-13)15(18(19)20-17)9-8-14-6-4-10-21-14/h3-7,10-12H,1-2H3. The van der Waals surface area contributed by atoms with Crippen LogP contribution in [0, 0.1) is 11.8 Å². The Morgan fingerprint density at radius 2 is 2.00 bits per heavy atom. The number of rotatable bonds is 1. The SMILES string of the molecule is CC(C)c1cccc2oc(=O)c(C#Cc3cccs3)c-2c1. The highest BCUT2D eigenvalue weighted by Crippen LogP contribution is 2.26. The lowest BCUT2D eigenvalue weighted by molar-refractivity contribution is 0.544. The fourth-order valence-corrected chi connectivity index (χ4v) is 2.69. The molecule has 2 nitrogen and oxygen atoms in total. The van der Waals surface area contributed by atoms with E-state index in [1.54, 1.807) is 11.3 Å². The van der Waals surface area contributed by atoms with Crippen LogP contribution in [0.25, 0.3) is 11.3 Å². The first kappa shape index (κ1) is 13.7. The molecule has 21 heavy (non-hydrogen) atoms. The molecule has 3 heteroatoms. The molecule has 0 fully saturated rings. The van der Waals surface area contributed by atoms with Crippen LogP contribution in [-0.2, 0) is 0 Å². The van der Waals surface area contributed by atoms with Gasteiger partial charge in [-0.15, -0.1) is 11.3 Å². The Hall–Kier alpha value is -2.31. The fourth-order valence-electron chi connectivity index (χ4n) is 2.12. The van der Waals surface area contributed by atoms with E-state index >= 15 is 0 Å². The molecule has 0 radical (unpaired) electrons. The van der Waals surface area contributed by atoms with Crippen molar-refractivity contribution in [2.75, 3.05) is 0 Å². The molecule has 0 aromatic carbocycles. The van der Waals surface area contributed by atoms with E-state index < -0.39 is 0 Å². The topological polar surface area (TPSA) is 30.2 Å². The summed E-state index contributed by atoms with van der Waals surface area (Å²) < 4.78 is 5.31. The van der Waals surface area contributed by atoms with E-state index in [9.17, 15) is 4.79 Å². The van der Waals surface area contributed by atoms with Gasteiger partial charge in [-0.05, 0) is 35.1 Å². The van der Waals surface area contributed by atoms with Crippen molar-refractivity contribution < 1.29 is 4.42 Å². The first-order valence-corrected chi connectivity index (χ1v) is 7.65. The van der Waals surface area contributed by atoms with Crippen LogP contribution >= 0.6 is 11.3 Å². The average Bonchev–Trinajstić information content (AvgIpc) is 2.99. The predicted octanol–water partition coefficient (Wildman–Crippen LogP) is 4.33. The minimum Gasteiger partial charge on any atom is -0.422 e. The third-order valence-electron chi connectivity index (χ3n) is 3.29. The lowest BCUT2D eigenvalue weighted by Gasteiger charge is -2.01. The molecule has 0 atom stereocenters. The summed E-state index contributed by atoms with van der Waals surface area (Å²) in [7, 11) is 0. The predicted molar refractivity (Wildman–Crippen MR) is 86.0 cm³/mol. The summed E-state index contributed by atoms with van der Waals surface area (Å²) >= 11 is 1.56. The number of hydrogen-bond donors (Lipinski definition) is 0. The van der Waals surface area contributed by atoms with Crippen LogP contribution in [-0.4, -0.2) is 0 Å². The van der Waals surface area contributed by atoms with E-state index in [1.807, 2.05) is 41.8 Å². The highest BCUT2D eigenvalue weighted by atomic mass is 32.1. The molecule has 104 valence electrons. The minimum atomic E-state index is -0.366. The summed E-state index contributed by atoms with van der Waals surface area (Å²) in [6, 6.07) is 11.7. The van der Waals surface area contributed by atoms with Gasteiger partial charge in [-0.3, -0.25) is 0 Å². The van der Waals surface area contributed by atoms with Gasteiger partial charge >= 0.3 is 5.63 Å². The van der Waals surface area contributed by atoms with Crippen LogP contribution in [0.1, 0.15) is 35.8 Å². The van der Waals surface area contributed by atoms with E-state index in [2.05, 4.69) is 25.7 Å². The van der Waals surface area contributed by atoms with Crippen LogP contribution in [0.5, 0.6) is 0 Å². The zero-order chi connectivity index (χ0) is 14.8. The third-order valence-corrected chi connectivity index (χ3v) is 4.07. The maximum atomic E-state index is 12.0. The molecule has 0 spiro atoms. The molecule has 1 aliphatic heterocycles. The van der Waals surface area contributed by atoms with Gasteiger partial charge in [0.15, 0.2) is 0 Å². The second-order valence-corrected chi connectivity index (χ2v) is 6.04. The maximum absolute atomic E-state index is 12.0. The molecule has 2 aliphatic rings. The first-order valence-electron chi connectivity index (χ1n) is 6.77. The molecule has 0 saturated heterocycles. The minimum absolute atomic E-state index is 0.366. The summed E-state index contributed by atoms with van der Waals surface area (Å²) in [6.45, 7) is 4.24. The highest BCUT2D eigenvalue weighted by molar-refractivity contribution is 7.10. The third kappa shape index (κ3) is 2.76. The molecule has 0 unspecified atom stereocenters. The summed E-state index contributed by atoms with van der Waals surface area (Å²) in [5, 5.41) is 1.96. The van der Waals surface area contributed by atoms with Crippen molar-refractivity contribution in [2.45, 2.75) is 19.8 Å². The molecule has 1 aliphatic carbocycles. The summed E-state index contributed by atoms with van der Waals surface area (Å²) in [5.74, 6) is 6.96. The highest BCUT2D eigenvalue weighted by Gasteiger charge is 2.16. The average molecular weight is 294 g/mol. The number of fused-ring (bicyclic) bond motifs is 1. The molecule has 0 bridgehead atoms. The quantitative estimate of drug-likeness (QED) is 0.625. The normalized spacial score (nSPS) is 10.6. The van der Waals surface area contributed by atoms with E-state index in [0.29, 0.717) is 17.2 Å². The Bertz CT molecular complexity index is 845. The van der Waals surface area contributed by atoms with Crippen molar-refractivity contribution in [1.82, 2.24) is 0 Å². The van der Waals surface area contributed by atoms with Gasteiger partial charge < -0.3 is 4.42 Å². The summed E-state index contributed by atoms with van der Waals surface area (Å²) in [5.41, 5.74) is 2.02. The van der Waals surface area contributed by atoms with Crippen molar-refractivity contribution in [3.63, 3.8) is 0 Å². The van der Waals surface area contributed by atoms with Crippen LogP contribution in [0.15, 0.2) is 51.0 Å². The molecule has 2 heterocycles. The Morgan fingerprint density at radius 1 is 1.14 bits per heavy atom. The van der Waals surface area contributed by atoms with Crippen molar-refractivity contribution in [3.8, 4) is 23.2 Å². The van der Waals surface area contributed by atoms with Gasteiger partial charge in [-0.2, -0.15) is 0 Å². The van der Waals surface area contributed by atoms with Crippen molar-refractivity contribution in [2.24, 2.45) is 0 Å². The van der Waals surface area contributed by atoms with Gasteiger partial charge in [0.25, 0.3) is 0 Å². The number of furan rings is 1. The van der Waals surface area contributed by atoms with Gasteiger partial charge in [0.05, 0.1) is 4.88 Å². The first-order chi connectivity index (χ1) is 10.1. The Kier molecular flexibility index (Phi) is 3.64. The molecule has 0 N–H and O–H groups in total. The molecule has 1 aromatic rings. The van der Waals surface area contributed by atoms with E-state index in [0.717, 1.165) is 16.0 Å². The monoisotopic (exact) mass is 294 g/mol. The van der Waals surface area contributed by atoms with Crippen LogP contribution in [0.3, 0.4) is 0 Å². The van der Waals surface area contributed by atoms with Crippen molar-refractivity contribution in [3.05, 3.63) is 68.2 Å². The Balaban J connectivity index is 2.17. The maximum Gasteiger partial charge on any atom is 0.352 e.